The van der Waals surface area contributed by atoms with Crippen molar-refractivity contribution < 1.29 is 0 Å². The van der Waals surface area contributed by atoms with Crippen molar-refractivity contribution in [2.24, 2.45) is 4.99 Å². The van der Waals surface area contributed by atoms with Crippen molar-refractivity contribution in [2.75, 3.05) is 17.6 Å². The fraction of sp³-hybridized carbons (Fsp3) is 0.222. The fourth-order valence-corrected chi connectivity index (χ4v) is 2.86. The minimum absolute atomic E-state index is 0.765. The van der Waals surface area contributed by atoms with Crippen LogP contribution in [-0.2, 0) is 0 Å². The number of hydrogen-bond donors (Lipinski definition) is 1. The van der Waals surface area contributed by atoms with Gasteiger partial charge in [0.1, 0.15) is 0 Å². The Kier molecular flexibility index (Phi) is 3.57. The number of thioether (sulfide) groups is 1. The normalized spacial score (nSPS) is 15.4. The molecule has 0 bridgehead atoms. The van der Waals surface area contributed by atoms with Gasteiger partial charge in [0.05, 0.1) is 12.2 Å². The van der Waals surface area contributed by atoms with Crippen molar-refractivity contribution in [2.45, 2.75) is 0 Å². The van der Waals surface area contributed by atoms with Crippen LogP contribution < -0.4 is 5.32 Å². The Balaban J connectivity index is 2.16. The number of halogens is 2. The molecule has 1 aromatic carbocycles. The number of aliphatic imine (C=N–C) groups is 1. The summed E-state index contributed by atoms with van der Waals surface area (Å²) in [5, 5.41) is 5.05. The maximum atomic E-state index is 5.87. The molecule has 0 atom stereocenters. The molecule has 14 heavy (non-hydrogen) atoms. The van der Waals surface area contributed by atoms with Gasteiger partial charge in [-0.15, -0.1) is 0 Å². The van der Waals surface area contributed by atoms with Crippen molar-refractivity contribution in [3.63, 3.8) is 0 Å². The van der Waals surface area contributed by atoms with Crippen molar-refractivity contribution in [3.05, 3.63) is 26.8 Å². The molecule has 1 aliphatic heterocycles. The van der Waals surface area contributed by atoms with Crippen LogP contribution in [0.2, 0.25) is 5.02 Å². The predicted molar refractivity (Wildman–Crippen MR) is 72.6 cm³/mol. The molecule has 0 unspecified atom stereocenters. The first-order valence-corrected chi connectivity index (χ1v) is 6.59. The van der Waals surface area contributed by atoms with Gasteiger partial charge in [0.15, 0.2) is 5.17 Å². The third kappa shape index (κ3) is 2.55. The molecule has 0 fully saturated rings. The van der Waals surface area contributed by atoms with E-state index >= 15 is 0 Å². The Labute approximate surface area is 106 Å². The molecule has 74 valence electrons. The molecule has 0 radical (unpaired) electrons. The van der Waals surface area contributed by atoms with Crippen LogP contribution in [0, 0.1) is 3.57 Å². The zero-order valence-electron chi connectivity index (χ0n) is 7.26. The van der Waals surface area contributed by atoms with Crippen molar-refractivity contribution >= 4 is 56.8 Å². The summed E-state index contributed by atoms with van der Waals surface area (Å²) in [5.74, 6) is 1.08. The van der Waals surface area contributed by atoms with E-state index in [1.165, 1.54) is 0 Å². The van der Waals surface area contributed by atoms with Crippen LogP contribution in [-0.4, -0.2) is 17.5 Å². The van der Waals surface area contributed by atoms with Gasteiger partial charge in [-0.3, -0.25) is 4.99 Å². The maximum Gasteiger partial charge on any atom is 0.161 e. The lowest BCUT2D eigenvalue weighted by atomic mass is 10.3. The van der Waals surface area contributed by atoms with E-state index in [1.54, 1.807) is 11.8 Å². The summed E-state index contributed by atoms with van der Waals surface area (Å²) in [6.45, 7) is 0.914. The summed E-state index contributed by atoms with van der Waals surface area (Å²) < 4.78 is 1.12. The van der Waals surface area contributed by atoms with E-state index in [2.05, 4.69) is 32.9 Å². The summed E-state index contributed by atoms with van der Waals surface area (Å²) in [5.41, 5.74) is 1.07. The van der Waals surface area contributed by atoms with E-state index in [1.807, 2.05) is 18.2 Å². The van der Waals surface area contributed by atoms with Gasteiger partial charge < -0.3 is 5.32 Å². The van der Waals surface area contributed by atoms with E-state index < -0.39 is 0 Å². The maximum absolute atomic E-state index is 5.87. The van der Waals surface area contributed by atoms with Gasteiger partial charge in [-0.25, -0.2) is 0 Å². The summed E-state index contributed by atoms with van der Waals surface area (Å²) in [7, 11) is 0. The number of benzene rings is 1. The quantitative estimate of drug-likeness (QED) is 0.793. The van der Waals surface area contributed by atoms with E-state index in [9.17, 15) is 0 Å². The standard InChI is InChI=1S/C9H8ClIN2S/c10-6-1-2-8(7(11)5-6)13-9-12-3-4-14-9/h1-2,5H,3-4H2,(H,12,13). The number of hydrogen-bond acceptors (Lipinski definition) is 3. The van der Waals surface area contributed by atoms with Crippen LogP contribution in [0.1, 0.15) is 0 Å². The molecular formula is C9H8ClIN2S. The van der Waals surface area contributed by atoms with Crippen LogP contribution in [0.15, 0.2) is 23.2 Å². The summed E-state index contributed by atoms with van der Waals surface area (Å²) in [6, 6.07) is 5.79. The van der Waals surface area contributed by atoms with Crippen LogP contribution in [0.3, 0.4) is 0 Å². The van der Waals surface area contributed by atoms with Crippen LogP contribution >= 0.6 is 46.0 Å². The Hall–Kier alpha value is 0.0600. The van der Waals surface area contributed by atoms with Gasteiger partial charge >= 0.3 is 0 Å². The second-order valence-corrected chi connectivity index (χ2v) is 5.47. The molecule has 1 aromatic rings. The topological polar surface area (TPSA) is 24.4 Å². The van der Waals surface area contributed by atoms with Crippen molar-refractivity contribution in [1.82, 2.24) is 0 Å². The van der Waals surface area contributed by atoms with E-state index in [0.29, 0.717) is 0 Å². The van der Waals surface area contributed by atoms with Crippen LogP contribution in [0.4, 0.5) is 5.69 Å². The van der Waals surface area contributed by atoms with E-state index in [4.69, 9.17) is 11.6 Å². The van der Waals surface area contributed by atoms with Crippen molar-refractivity contribution in [3.8, 4) is 0 Å². The minimum atomic E-state index is 0.765. The van der Waals surface area contributed by atoms with Gasteiger partial charge in [0.25, 0.3) is 0 Å². The smallest absolute Gasteiger partial charge is 0.161 e. The Morgan fingerprint density at radius 2 is 2.36 bits per heavy atom. The first kappa shape index (κ1) is 10.6. The lowest BCUT2D eigenvalue weighted by molar-refractivity contribution is 1.17. The van der Waals surface area contributed by atoms with Gasteiger partial charge in [0.2, 0.25) is 0 Å². The van der Waals surface area contributed by atoms with Gasteiger partial charge in [0, 0.05) is 14.3 Å². The van der Waals surface area contributed by atoms with Gasteiger partial charge in [-0.2, -0.15) is 0 Å². The molecule has 0 aromatic heterocycles. The SMILES string of the molecule is Clc1ccc(NC2=NCCS2)c(I)c1. The van der Waals surface area contributed by atoms with Crippen LogP contribution in [0.5, 0.6) is 0 Å². The zero-order chi connectivity index (χ0) is 9.97. The summed E-state index contributed by atoms with van der Waals surface area (Å²) >= 11 is 9.88. The molecule has 2 rings (SSSR count). The highest BCUT2D eigenvalue weighted by molar-refractivity contribution is 14.1. The highest BCUT2D eigenvalue weighted by Crippen LogP contribution is 2.24. The third-order valence-corrected chi connectivity index (χ3v) is 3.78. The number of amidine groups is 1. The Morgan fingerprint density at radius 1 is 1.50 bits per heavy atom. The van der Waals surface area contributed by atoms with Gasteiger partial charge in [-0.1, -0.05) is 23.4 Å². The second kappa shape index (κ2) is 4.72. The van der Waals surface area contributed by atoms with Gasteiger partial charge in [-0.05, 0) is 40.8 Å². The molecule has 1 N–H and O–H groups in total. The number of nitrogens with zero attached hydrogens (tertiary/aromatic N) is 1. The average Bonchev–Trinajstić information content (AvgIpc) is 2.62. The molecule has 2 nitrogen and oxygen atoms in total. The van der Waals surface area contributed by atoms with E-state index in [0.717, 1.165) is 31.7 Å². The molecule has 1 aliphatic rings. The fourth-order valence-electron chi connectivity index (χ4n) is 1.12. The summed E-state index contributed by atoms with van der Waals surface area (Å²) in [6.07, 6.45) is 0. The second-order valence-electron chi connectivity index (χ2n) is 2.78. The number of nitrogens with one attached hydrogen (secondary N) is 1. The Morgan fingerprint density at radius 3 is 3.00 bits per heavy atom. The molecule has 0 saturated carbocycles. The molecule has 5 heteroatoms. The third-order valence-electron chi connectivity index (χ3n) is 1.76. The number of rotatable bonds is 1. The predicted octanol–water partition coefficient (Wildman–Crippen LogP) is 3.46. The largest absolute Gasteiger partial charge is 0.334 e. The number of anilines is 1. The summed E-state index contributed by atoms with van der Waals surface area (Å²) in [4.78, 5) is 4.33. The first-order valence-electron chi connectivity index (χ1n) is 4.15. The molecule has 0 amide bonds. The lowest BCUT2D eigenvalue weighted by Gasteiger charge is -2.07. The monoisotopic (exact) mass is 338 g/mol. The first-order chi connectivity index (χ1) is 6.75. The van der Waals surface area contributed by atoms with E-state index in [-0.39, 0.29) is 0 Å². The average molecular weight is 339 g/mol. The molecular weight excluding hydrogens is 331 g/mol. The molecule has 1 heterocycles. The highest BCUT2D eigenvalue weighted by atomic mass is 127. The molecule has 0 spiro atoms. The Bertz CT molecular complexity index is 381. The highest BCUT2D eigenvalue weighted by Gasteiger charge is 2.08. The zero-order valence-corrected chi connectivity index (χ0v) is 11.0. The molecule has 0 saturated heterocycles. The minimum Gasteiger partial charge on any atom is -0.334 e. The van der Waals surface area contributed by atoms with Crippen LogP contribution in [0.25, 0.3) is 0 Å². The van der Waals surface area contributed by atoms with Crippen molar-refractivity contribution in [1.29, 1.82) is 0 Å². The molecule has 0 aliphatic carbocycles. The lowest BCUT2D eigenvalue weighted by Crippen LogP contribution is -2.05.